The van der Waals surface area contributed by atoms with Crippen molar-refractivity contribution in [1.82, 2.24) is 24.5 Å². The minimum Gasteiger partial charge on any atom is -0.354 e. The lowest BCUT2D eigenvalue weighted by molar-refractivity contribution is -0.675. The predicted octanol–water partition coefficient (Wildman–Crippen LogP) is 10.2. The molecule has 6 nitrogen and oxygen atoms in total. The van der Waals surface area contributed by atoms with Gasteiger partial charge in [0.15, 0.2) is 5.54 Å². The number of fused-ring (bicyclic) bond motifs is 9. The summed E-state index contributed by atoms with van der Waals surface area (Å²) >= 11 is 0. The largest absolute Gasteiger partial charge is 0.354 e. The van der Waals surface area contributed by atoms with Gasteiger partial charge in [-0.15, -0.1) is 0 Å². The first kappa shape index (κ1) is 35.6. The number of hydrogen-bond donors (Lipinski definition) is 0. The molecule has 5 aromatic heterocycles. The highest BCUT2D eigenvalue weighted by atomic mass is 15.2. The predicted molar refractivity (Wildman–Crippen MR) is 244 cm³/mol. The van der Waals surface area contributed by atoms with Gasteiger partial charge in [0.25, 0.3) is 0 Å². The Labute approximate surface area is 365 Å². The highest BCUT2D eigenvalue weighted by molar-refractivity contribution is 5.88. The SMILES string of the molecule is C[n+]1[c-]n(C2(c3cccc(C4(c5cccc(C6(c7ccccn7)c7ccccc7-c7cccnc76)c5)c5ccccc5-c5cccnc54)c3)c3ccccc3-c3cccnc32)cc1. The molecule has 0 radical (unpaired) electrons. The summed E-state index contributed by atoms with van der Waals surface area (Å²) in [5.41, 5.74) is 16.2. The van der Waals surface area contributed by atoms with Gasteiger partial charge in [-0.05, 0) is 93.3 Å². The lowest BCUT2D eigenvalue weighted by Crippen LogP contribution is -2.38. The number of imidazole rings is 1. The van der Waals surface area contributed by atoms with E-state index in [-0.39, 0.29) is 0 Å². The quantitative estimate of drug-likeness (QED) is 0.124. The molecule has 3 aliphatic rings. The van der Waals surface area contributed by atoms with Crippen molar-refractivity contribution >= 4 is 0 Å². The third-order valence-electron chi connectivity index (χ3n) is 13.9. The van der Waals surface area contributed by atoms with Gasteiger partial charge in [-0.3, -0.25) is 19.9 Å². The van der Waals surface area contributed by atoms with Gasteiger partial charge < -0.3 is 9.13 Å². The maximum absolute atomic E-state index is 5.38. The standard InChI is InChI=1S/C57H38N6/c1-62-33-34-63(37-62)57(50-27-7-4-21-44(50)47-24-14-32-61-54(47)57)41-18-11-16-39(36-41)55(48-25-5-2-19-42(48)45-22-12-30-59-52(45)55)38-15-10-17-40(35-38)56(51-28-8-9-29-58-51)49-26-6-3-20-43(49)46-23-13-31-60-53(46)56/h2-36H,1H3. The second-order valence-corrected chi connectivity index (χ2v) is 16.8. The van der Waals surface area contributed by atoms with Crippen LogP contribution < -0.4 is 4.57 Å². The maximum Gasteiger partial charge on any atom is 0.205 e. The van der Waals surface area contributed by atoms with E-state index >= 15 is 0 Å². The molecule has 5 heterocycles. The Morgan fingerprint density at radius 1 is 0.413 bits per heavy atom. The first-order valence-corrected chi connectivity index (χ1v) is 21.4. The van der Waals surface area contributed by atoms with Crippen LogP contribution in [0.2, 0.25) is 0 Å². The topological polar surface area (TPSA) is 60.4 Å². The molecule has 0 bridgehead atoms. The van der Waals surface area contributed by atoms with Crippen LogP contribution in [0, 0.1) is 6.33 Å². The summed E-state index contributed by atoms with van der Waals surface area (Å²) in [6.45, 7) is 0. The van der Waals surface area contributed by atoms with E-state index in [1.807, 2.05) is 54.6 Å². The zero-order valence-electron chi connectivity index (χ0n) is 34.4. The highest BCUT2D eigenvalue weighted by Crippen LogP contribution is 2.60. The summed E-state index contributed by atoms with van der Waals surface area (Å²) in [4.78, 5) is 21.0. The van der Waals surface area contributed by atoms with Crippen LogP contribution in [0.4, 0.5) is 0 Å². The monoisotopic (exact) mass is 806 g/mol. The van der Waals surface area contributed by atoms with Crippen molar-refractivity contribution in [2.45, 2.75) is 16.4 Å². The Bertz CT molecular complexity index is 3320. The van der Waals surface area contributed by atoms with Crippen molar-refractivity contribution < 1.29 is 4.57 Å². The number of hydrogen-bond acceptors (Lipinski definition) is 4. The minimum absolute atomic E-state index is 0.786. The Balaban J connectivity index is 1.13. The second-order valence-electron chi connectivity index (χ2n) is 16.8. The molecule has 0 N–H and O–H groups in total. The van der Waals surface area contributed by atoms with E-state index in [9.17, 15) is 0 Å². The zero-order chi connectivity index (χ0) is 41.8. The normalized spacial score (nSPS) is 19.7. The molecule has 0 saturated heterocycles. The maximum atomic E-state index is 5.38. The smallest absolute Gasteiger partial charge is 0.205 e. The van der Waals surface area contributed by atoms with Crippen molar-refractivity contribution in [2.24, 2.45) is 7.05 Å². The molecule has 0 aliphatic heterocycles. The molecule has 10 aromatic rings. The summed E-state index contributed by atoms with van der Waals surface area (Å²) in [5.74, 6) is 0. The van der Waals surface area contributed by atoms with Crippen LogP contribution >= 0.6 is 0 Å². The van der Waals surface area contributed by atoms with Gasteiger partial charge in [-0.2, -0.15) is 0 Å². The molecule has 0 amide bonds. The fourth-order valence-corrected chi connectivity index (χ4v) is 11.5. The Hall–Kier alpha value is -8.09. The zero-order valence-corrected chi connectivity index (χ0v) is 34.4. The molecule has 5 aromatic carbocycles. The molecule has 0 fully saturated rings. The molecule has 3 atom stereocenters. The van der Waals surface area contributed by atoms with E-state index in [0.29, 0.717) is 0 Å². The van der Waals surface area contributed by atoms with Gasteiger partial charge in [0.2, 0.25) is 6.33 Å². The van der Waals surface area contributed by atoms with Gasteiger partial charge >= 0.3 is 0 Å². The highest BCUT2D eigenvalue weighted by Gasteiger charge is 2.54. The van der Waals surface area contributed by atoms with Crippen LogP contribution in [0.25, 0.3) is 33.4 Å². The average Bonchev–Trinajstić information content (AvgIpc) is 4.09. The van der Waals surface area contributed by atoms with Crippen LogP contribution in [0.5, 0.6) is 0 Å². The molecule has 6 heteroatoms. The van der Waals surface area contributed by atoms with Crippen molar-refractivity contribution in [3.63, 3.8) is 0 Å². The third-order valence-corrected chi connectivity index (χ3v) is 13.9. The average molecular weight is 807 g/mol. The van der Waals surface area contributed by atoms with Crippen molar-refractivity contribution in [1.29, 1.82) is 0 Å². The minimum atomic E-state index is -0.826. The molecular weight excluding hydrogens is 769 g/mol. The van der Waals surface area contributed by atoms with Gasteiger partial charge in [0.1, 0.15) is 11.1 Å². The van der Waals surface area contributed by atoms with Crippen LogP contribution in [0.15, 0.2) is 213 Å². The molecule has 3 unspecified atom stereocenters. The molecule has 3 aliphatic carbocycles. The van der Waals surface area contributed by atoms with Crippen molar-refractivity contribution in [3.8, 4) is 33.4 Å². The van der Waals surface area contributed by atoms with Crippen LogP contribution in [0.1, 0.15) is 61.7 Å². The van der Waals surface area contributed by atoms with Crippen LogP contribution in [0.3, 0.4) is 0 Å². The Morgan fingerprint density at radius 2 is 0.873 bits per heavy atom. The number of pyridine rings is 4. The summed E-state index contributed by atoms with van der Waals surface area (Å²) in [6, 6.07) is 63.7. The van der Waals surface area contributed by atoms with Crippen LogP contribution in [-0.2, 0) is 23.4 Å². The summed E-state index contributed by atoms with van der Waals surface area (Å²) in [6.07, 6.45) is 15.5. The van der Waals surface area contributed by atoms with Gasteiger partial charge in [-0.1, -0.05) is 140 Å². The molecule has 0 spiro atoms. The molecule has 13 rings (SSSR count). The fraction of sp³-hybridized carbons (Fsp3) is 0.0702. The first-order valence-electron chi connectivity index (χ1n) is 21.4. The van der Waals surface area contributed by atoms with Crippen LogP contribution in [-0.4, -0.2) is 24.5 Å². The molecule has 0 saturated carbocycles. The first-order chi connectivity index (χ1) is 31.2. The van der Waals surface area contributed by atoms with Gasteiger partial charge in [-0.25, -0.2) is 0 Å². The van der Waals surface area contributed by atoms with Crippen molar-refractivity contribution in [2.75, 3.05) is 0 Å². The number of benzene rings is 5. The second kappa shape index (κ2) is 13.2. The fourth-order valence-electron chi connectivity index (χ4n) is 11.5. The van der Waals surface area contributed by atoms with E-state index < -0.39 is 16.4 Å². The van der Waals surface area contributed by atoms with E-state index in [1.165, 1.54) is 27.8 Å². The third kappa shape index (κ3) is 4.54. The molecule has 296 valence electrons. The Kier molecular flexibility index (Phi) is 7.47. The number of aromatic nitrogens is 6. The molecule has 63 heavy (non-hydrogen) atoms. The van der Waals surface area contributed by atoms with E-state index in [4.69, 9.17) is 19.9 Å². The van der Waals surface area contributed by atoms with Crippen molar-refractivity contribution in [3.05, 3.63) is 281 Å². The van der Waals surface area contributed by atoms with E-state index in [2.05, 4.69) is 181 Å². The van der Waals surface area contributed by atoms with E-state index in [1.54, 1.807) is 0 Å². The summed E-state index contributed by atoms with van der Waals surface area (Å²) in [7, 11) is 2.02. The lowest BCUT2D eigenvalue weighted by atomic mass is 9.66. The summed E-state index contributed by atoms with van der Waals surface area (Å²) < 4.78 is 4.20. The molecular formula is C57H38N6. The number of rotatable bonds is 6. The Morgan fingerprint density at radius 3 is 1.48 bits per heavy atom. The number of aryl methyl sites for hydroxylation is 1. The number of nitrogens with zero attached hydrogens (tertiary/aromatic N) is 6. The van der Waals surface area contributed by atoms with E-state index in [0.717, 1.165) is 67.3 Å². The lowest BCUT2D eigenvalue weighted by Gasteiger charge is -2.37. The van der Waals surface area contributed by atoms with Gasteiger partial charge in [0, 0.05) is 52.6 Å². The summed E-state index contributed by atoms with van der Waals surface area (Å²) in [5, 5.41) is 0. The van der Waals surface area contributed by atoms with Gasteiger partial charge in [0.05, 0.1) is 29.5 Å².